The third kappa shape index (κ3) is 7.37. The zero-order valence-electron chi connectivity index (χ0n) is 10.9. The Balaban J connectivity index is 2.13. The Morgan fingerprint density at radius 2 is 2.11 bits per heavy atom. The van der Waals surface area contributed by atoms with Gasteiger partial charge in [0.25, 0.3) is 0 Å². The Morgan fingerprint density at radius 3 is 2.74 bits per heavy atom. The predicted molar refractivity (Wildman–Crippen MR) is 64.5 cm³/mol. The van der Waals surface area contributed by atoms with Crippen molar-refractivity contribution in [2.24, 2.45) is 5.92 Å². The Hall–Kier alpha value is -0.820. The van der Waals surface area contributed by atoms with Crippen molar-refractivity contribution in [1.29, 1.82) is 0 Å². The number of nitrogens with zero attached hydrogens (tertiary/aromatic N) is 1. The van der Waals surface area contributed by atoms with Gasteiger partial charge in [-0.3, -0.25) is 9.69 Å². The fraction of sp³-hybridized carbons (Fsp3) is 0.917. The van der Waals surface area contributed by atoms with Crippen LogP contribution in [0.5, 0.6) is 0 Å². The molecule has 0 saturated carbocycles. The second-order valence-electron chi connectivity index (χ2n) is 4.99. The van der Waals surface area contributed by atoms with E-state index in [1.54, 1.807) is 0 Å². The highest BCUT2D eigenvalue weighted by Crippen LogP contribution is 2.22. The lowest BCUT2D eigenvalue weighted by atomic mass is 10.1. The van der Waals surface area contributed by atoms with Crippen LogP contribution in [0, 0.1) is 5.92 Å². The van der Waals surface area contributed by atoms with E-state index in [4.69, 9.17) is 5.11 Å². The number of rotatable bonds is 7. The van der Waals surface area contributed by atoms with Gasteiger partial charge in [0.15, 0.2) is 0 Å². The average molecular weight is 282 g/mol. The Morgan fingerprint density at radius 1 is 1.37 bits per heavy atom. The van der Waals surface area contributed by atoms with Crippen LogP contribution in [0.15, 0.2) is 0 Å². The van der Waals surface area contributed by atoms with Gasteiger partial charge in [-0.05, 0) is 31.7 Å². The van der Waals surface area contributed by atoms with Gasteiger partial charge in [-0.1, -0.05) is 0 Å². The largest absolute Gasteiger partial charge is 0.401 e. The van der Waals surface area contributed by atoms with E-state index >= 15 is 0 Å². The van der Waals surface area contributed by atoms with Gasteiger partial charge in [0.2, 0.25) is 5.91 Å². The minimum absolute atomic E-state index is 0.0717. The molecule has 0 aliphatic carbocycles. The monoisotopic (exact) mass is 282 g/mol. The standard InChI is InChI=1S/C12H21F3N2O2/c13-12(14,15)9-17-5-4-10(8-17)7-16-11(19)3-1-2-6-18/h10,18H,1-9H2,(H,16,19). The number of alkyl halides is 3. The molecular formula is C12H21F3N2O2. The lowest BCUT2D eigenvalue weighted by molar-refractivity contribution is -0.143. The molecule has 0 aromatic rings. The second kappa shape index (κ2) is 7.69. The molecule has 1 rings (SSSR count). The van der Waals surface area contributed by atoms with Crippen LogP contribution in [0.2, 0.25) is 0 Å². The summed E-state index contributed by atoms with van der Waals surface area (Å²) in [5, 5.41) is 11.3. The summed E-state index contributed by atoms with van der Waals surface area (Å²) in [5.41, 5.74) is 0. The quantitative estimate of drug-likeness (QED) is 0.689. The molecule has 1 atom stereocenters. The van der Waals surface area contributed by atoms with E-state index in [2.05, 4.69) is 5.32 Å². The molecule has 2 N–H and O–H groups in total. The first-order chi connectivity index (χ1) is 8.90. The van der Waals surface area contributed by atoms with E-state index in [0.717, 1.165) is 0 Å². The summed E-state index contributed by atoms with van der Waals surface area (Å²) in [7, 11) is 0. The number of nitrogens with one attached hydrogen (secondary N) is 1. The van der Waals surface area contributed by atoms with Crippen molar-refractivity contribution in [3.8, 4) is 0 Å². The molecule has 1 saturated heterocycles. The molecule has 0 aromatic carbocycles. The zero-order chi connectivity index (χ0) is 14.3. The highest BCUT2D eigenvalue weighted by Gasteiger charge is 2.34. The van der Waals surface area contributed by atoms with Gasteiger partial charge in [-0.2, -0.15) is 13.2 Å². The molecule has 0 radical (unpaired) electrons. The Labute approximate surface area is 111 Å². The third-order valence-electron chi connectivity index (χ3n) is 3.17. The number of aliphatic hydroxyl groups excluding tert-OH is 1. The maximum absolute atomic E-state index is 12.2. The van der Waals surface area contributed by atoms with Crippen molar-refractivity contribution in [3.63, 3.8) is 0 Å². The van der Waals surface area contributed by atoms with Crippen LogP contribution in [0.3, 0.4) is 0 Å². The maximum Gasteiger partial charge on any atom is 0.401 e. The first-order valence-corrected chi connectivity index (χ1v) is 6.57. The Bertz CT molecular complexity index is 285. The number of hydrogen-bond acceptors (Lipinski definition) is 3. The van der Waals surface area contributed by atoms with Crippen LogP contribution < -0.4 is 5.32 Å². The van der Waals surface area contributed by atoms with Crippen molar-refractivity contribution in [3.05, 3.63) is 0 Å². The van der Waals surface area contributed by atoms with E-state index in [1.165, 1.54) is 4.90 Å². The summed E-state index contributed by atoms with van der Waals surface area (Å²) in [6.45, 7) is 0.462. The third-order valence-corrected chi connectivity index (χ3v) is 3.17. The van der Waals surface area contributed by atoms with Crippen molar-refractivity contribution in [2.45, 2.75) is 31.9 Å². The molecule has 0 bridgehead atoms. The van der Waals surface area contributed by atoms with E-state index in [0.29, 0.717) is 45.3 Å². The highest BCUT2D eigenvalue weighted by atomic mass is 19.4. The van der Waals surface area contributed by atoms with Gasteiger partial charge < -0.3 is 10.4 Å². The van der Waals surface area contributed by atoms with Crippen LogP contribution in [0.25, 0.3) is 0 Å². The minimum atomic E-state index is -4.15. The van der Waals surface area contributed by atoms with Crippen LogP contribution in [-0.4, -0.2) is 54.9 Å². The molecule has 4 nitrogen and oxygen atoms in total. The van der Waals surface area contributed by atoms with Gasteiger partial charge >= 0.3 is 6.18 Å². The van der Waals surface area contributed by atoms with E-state index in [-0.39, 0.29) is 18.4 Å². The number of carbonyl (C=O) groups is 1. The summed E-state index contributed by atoms with van der Waals surface area (Å²) in [5.74, 6) is 0.00635. The minimum Gasteiger partial charge on any atom is -0.396 e. The van der Waals surface area contributed by atoms with Gasteiger partial charge in [-0.25, -0.2) is 0 Å². The van der Waals surface area contributed by atoms with Gasteiger partial charge in [0.05, 0.1) is 6.54 Å². The van der Waals surface area contributed by atoms with Crippen LogP contribution in [-0.2, 0) is 4.79 Å². The van der Waals surface area contributed by atoms with E-state index in [9.17, 15) is 18.0 Å². The van der Waals surface area contributed by atoms with Crippen LogP contribution in [0.4, 0.5) is 13.2 Å². The highest BCUT2D eigenvalue weighted by molar-refractivity contribution is 5.75. The average Bonchev–Trinajstić information content (AvgIpc) is 2.72. The van der Waals surface area contributed by atoms with Crippen molar-refractivity contribution in [2.75, 3.05) is 32.8 Å². The van der Waals surface area contributed by atoms with Crippen LogP contribution >= 0.6 is 0 Å². The molecule has 1 unspecified atom stereocenters. The number of likely N-dealkylation sites (tertiary alicyclic amines) is 1. The fourth-order valence-electron chi connectivity index (χ4n) is 2.22. The number of hydrogen-bond donors (Lipinski definition) is 2. The van der Waals surface area contributed by atoms with Crippen molar-refractivity contribution >= 4 is 5.91 Å². The number of amides is 1. The molecule has 0 aromatic heterocycles. The van der Waals surface area contributed by atoms with Gasteiger partial charge in [-0.15, -0.1) is 0 Å². The van der Waals surface area contributed by atoms with Crippen molar-refractivity contribution < 1.29 is 23.1 Å². The number of halogens is 3. The SMILES string of the molecule is O=C(CCCCO)NCC1CCN(CC(F)(F)F)C1. The lowest BCUT2D eigenvalue weighted by Crippen LogP contribution is -2.34. The number of carbonyl (C=O) groups excluding carboxylic acids is 1. The Kier molecular flexibility index (Phi) is 6.57. The first kappa shape index (κ1) is 16.2. The molecule has 1 aliphatic rings. The number of aliphatic hydroxyl groups is 1. The number of unbranched alkanes of at least 4 members (excludes halogenated alkanes) is 1. The second-order valence-corrected chi connectivity index (χ2v) is 4.99. The molecule has 0 spiro atoms. The maximum atomic E-state index is 12.2. The molecule has 112 valence electrons. The summed E-state index contributed by atoms with van der Waals surface area (Å²) >= 11 is 0. The zero-order valence-corrected chi connectivity index (χ0v) is 10.9. The van der Waals surface area contributed by atoms with Crippen molar-refractivity contribution in [1.82, 2.24) is 10.2 Å². The molecule has 7 heteroatoms. The van der Waals surface area contributed by atoms with Crippen LogP contribution in [0.1, 0.15) is 25.7 Å². The predicted octanol–water partition coefficient (Wildman–Crippen LogP) is 1.15. The molecule has 19 heavy (non-hydrogen) atoms. The molecular weight excluding hydrogens is 261 g/mol. The summed E-state index contributed by atoms with van der Waals surface area (Å²) in [6.07, 6.45) is -1.88. The summed E-state index contributed by atoms with van der Waals surface area (Å²) in [4.78, 5) is 12.8. The molecule has 1 heterocycles. The van der Waals surface area contributed by atoms with Gasteiger partial charge in [0.1, 0.15) is 0 Å². The van der Waals surface area contributed by atoms with E-state index in [1.807, 2.05) is 0 Å². The molecule has 1 aliphatic heterocycles. The van der Waals surface area contributed by atoms with E-state index < -0.39 is 12.7 Å². The normalized spacial score (nSPS) is 20.7. The van der Waals surface area contributed by atoms with Gasteiger partial charge in [0, 0.05) is 26.1 Å². The fourth-order valence-corrected chi connectivity index (χ4v) is 2.22. The topological polar surface area (TPSA) is 52.6 Å². The molecule has 1 fully saturated rings. The summed E-state index contributed by atoms with van der Waals surface area (Å²) in [6, 6.07) is 0. The molecule has 1 amide bonds. The first-order valence-electron chi connectivity index (χ1n) is 6.57. The summed E-state index contributed by atoms with van der Waals surface area (Å²) < 4.78 is 36.6. The smallest absolute Gasteiger partial charge is 0.396 e. The lowest BCUT2D eigenvalue weighted by Gasteiger charge is -2.18.